The molecule has 27 heavy (non-hydrogen) atoms. The molecule has 0 spiro atoms. The van der Waals surface area contributed by atoms with Gasteiger partial charge in [0.05, 0.1) is 5.39 Å². The first-order chi connectivity index (χ1) is 13.1. The highest BCUT2D eigenvalue weighted by molar-refractivity contribution is 6.30. The zero-order valence-electron chi connectivity index (χ0n) is 15.3. The Kier molecular flexibility index (Phi) is 5.29. The van der Waals surface area contributed by atoms with E-state index in [9.17, 15) is 4.39 Å². The number of aromatic nitrogens is 3. The molecular formula is C18H22ClFN4O3. The maximum Gasteiger partial charge on any atom is 0.319 e. The summed E-state index contributed by atoms with van der Waals surface area (Å²) in [6.45, 7) is 1.87. The molecule has 1 aliphatic carbocycles. The van der Waals surface area contributed by atoms with Gasteiger partial charge in [-0.2, -0.15) is 9.97 Å². The SMILES string of the molecule is COC(COc1nc(N2CC3CCC(C3)C2)c2cnc(Cl)c(F)c2n1)OC. The van der Waals surface area contributed by atoms with Crippen LogP contribution in [0.25, 0.3) is 10.9 Å². The van der Waals surface area contributed by atoms with E-state index in [1.807, 2.05) is 0 Å². The molecule has 1 saturated heterocycles. The zero-order valence-corrected chi connectivity index (χ0v) is 16.1. The molecule has 146 valence electrons. The molecule has 2 fully saturated rings. The van der Waals surface area contributed by atoms with Crippen LogP contribution in [0.5, 0.6) is 6.01 Å². The van der Waals surface area contributed by atoms with Gasteiger partial charge >= 0.3 is 6.01 Å². The fourth-order valence-electron chi connectivity index (χ4n) is 4.06. The maximum atomic E-state index is 14.6. The number of ether oxygens (including phenoxy) is 3. The summed E-state index contributed by atoms with van der Waals surface area (Å²) in [5.74, 6) is 1.27. The molecule has 2 unspecified atom stereocenters. The number of hydrogen-bond donors (Lipinski definition) is 0. The third kappa shape index (κ3) is 3.66. The van der Waals surface area contributed by atoms with Crippen LogP contribution in [0.2, 0.25) is 5.15 Å². The lowest BCUT2D eigenvalue weighted by Gasteiger charge is -2.33. The van der Waals surface area contributed by atoms with Crippen molar-refractivity contribution < 1.29 is 18.6 Å². The number of fused-ring (bicyclic) bond motifs is 3. The number of halogens is 2. The summed E-state index contributed by atoms with van der Waals surface area (Å²) in [4.78, 5) is 14.9. The van der Waals surface area contributed by atoms with E-state index >= 15 is 0 Å². The number of rotatable bonds is 6. The molecule has 0 aromatic carbocycles. The lowest BCUT2D eigenvalue weighted by Crippen LogP contribution is -2.37. The lowest BCUT2D eigenvalue weighted by atomic mass is 9.99. The average molecular weight is 397 g/mol. The molecule has 2 atom stereocenters. The van der Waals surface area contributed by atoms with Crippen LogP contribution in [0.4, 0.5) is 10.2 Å². The Morgan fingerprint density at radius 2 is 1.93 bits per heavy atom. The molecule has 2 aromatic heterocycles. The van der Waals surface area contributed by atoms with E-state index < -0.39 is 12.1 Å². The minimum Gasteiger partial charge on any atom is -0.458 e. The molecule has 4 rings (SSSR count). The lowest BCUT2D eigenvalue weighted by molar-refractivity contribution is -0.123. The van der Waals surface area contributed by atoms with Gasteiger partial charge in [-0.3, -0.25) is 0 Å². The van der Waals surface area contributed by atoms with Crippen molar-refractivity contribution in [2.24, 2.45) is 11.8 Å². The molecule has 2 aromatic rings. The summed E-state index contributed by atoms with van der Waals surface area (Å²) in [6, 6.07) is 0.0655. The van der Waals surface area contributed by atoms with Gasteiger partial charge in [0.1, 0.15) is 17.9 Å². The highest BCUT2D eigenvalue weighted by Gasteiger charge is 2.34. The fourth-order valence-corrected chi connectivity index (χ4v) is 4.20. The van der Waals surface area contributed by atoms with Crippen molar-refractivity contribution in [2.75, 3.05) is 38.8 Å². The Balaban J connectivity index is 1.72. The predicted octanol–water partition coefficient (Wildman–Crippen LogP) is 3.05. The molecule has 0 amide bonds. The third-order valence-electron chi connectivity index (χ3n) is 5.38. The van der Waals surface area contributed by atoms with Crippen molar-refractivity contribution in [3.63, 3.8) is 0 Å². The molecule has 0 N–H and O–H groups in total. The first-order valence-electron chi connectivity index (χ1n) is 9.04. The van der Waals surface area contributed by atoms with Gasteiger partial charge in [0.15, 0.2) is 17.3 Å². The van der Waals surface area contributed by atoms with Crippen LogP contribution in [0.15, 0.2) is 6.20 Å². The van der Waals surface area contributed by atoms with Gasteiger partial charge in [-0.1, -0.05) is 11.6 Å². The number of hydrogen-bond acceptors (Lipinski definition) is 7. The van der Waals surface area contributed by atoms with E-state index in [2.05, 4.69) is 19.9 Å². The largest absolute Gasteiger partial charge is 0.458 e. The van der Waals surface area contributed by atoms with Crippen molar-refractivity contribution in [3.8, 4) is 6.01 Å². The van der Waals surface area contributed by atoms with Gasteiger partial charge in [-0.05, 0) is 31.1 Å². The number of nitrogens with zero attached hydrogens (tertiary/aromatic N) is 4. The van der Waals surface area contributed by atoms with E-state index in [0.717, 1.165) is 13.1 Å². The van der Waals surface area contributed by atoms with Crippen LogP contribution in [0.1, 0.15) is 19.3 Å². The van der Waals surface area contributed by atoms with Crippen LogP contribution in [0, 0.1) is 17.7 Å². The molecular weight excluding hydrogens is 375 g/mol. The predicted molar refractivity (Wildman–Crippen MR) is 98.6 cm³/mol. The highest BCUT2D eigenvalue weighted by atomic mass is 35.5. The molecule has 7 nitrogen and oxygen atoms in total. The molecule has 2 aliphatic rings. The summed E-state index contributed by atoms with van der Waals surface area (Å²) in [5, 5.41) is 0.323. The minimum absolute atomic E-state index is 0.0655. The van der Waals surface area contributed by atoms with E-state index in [1.165, 1.54) is 39.7 Å². The average Bonchev–Trinajstić information content (AvgIpc) is 3.03. The summed E-state index contributed by atoms with van der Waals surface area (Å²) in [6.07, 6.45) is 4.68. The van der Waals surface area contributed by atoms with Gasteiger partial charge in [0, 0.05) is 33.5 Å². The summed E-state index contributed by atoms with van der Waals surface area (Å²) < 4.78 is 30.5. The second-order valence-corrected chi connectivity index (χ2v) is 7.48. The summed E-state index contributed by atoms with van der Waals surface area (Å²) in [7, 11) is 3.03. The Labute approximate surface area is 161 Å². The monoisotopic (exact) mass is 396 g/mol. The molecule has 1 aliphatic heterocycles. The van der Waals surface area contributed by atoms with Crippen molar-refractivity contribution in [2.45, 2.75) is 25.6 Å². The fraction of sp³-hybridized carbons (Fsp3) is 0.611. The van der Waals surface area contributed by atoms with E-state index in [1.54, 1.807) is 0 Å². The first kappa shape index (κ1) is 18.6. The van der Waals surface area contributed by atoms with Gasteiger partial charge < -0.3 is 19.1 Å². The van der Waals surface area contributed by atoms with Crippen molar-refractivity contribution in [1.82, 2.24) is 15.0 Å². The van der Waals surface area contributed by atoms with Gasteiger partial charge in [0.2, 0.25) is 0 Å². The van der Waals surface area contributed by atoms with Gasteiger partial charge in [-0.25, -0.2) is 9.37 Å². The van der Waals surface area contributed by atoms with E-state index in [-0.39, 0.29) is 23.3 Å². The van der Waals surface area contributed by atoms with E-state index in [0.29, 0.717) is 23.0 Å². The Bertz CT molecular complexity index is 824. The first-order valence-corrected chi connectivity index (χ1v) is 9.42. The number of piperidine rings is 1. The smallest absolute Gasteiger partial charge is 0.319 e. The summed E-state index contributed by atoms with van der Waals surface area (Å²) in [5.41, 5.74) is 0.110. The minimum atomic E-state index is -0.669. The number of pyridine rings is 1. The molecule has 9 heteroatoms. The van der Waals surface area contributed by atoms with Crippen LogP contribution in [-0.4, -0.2) is 55.2 Å². The molecule has 3 heterocycles. The number of methoxy groups -OCH3 is 2. The normalized spacial score (nSPS) is 22.0. The molecule has 2 bridgehead atoms. The van der Waals surface area contributed by atoms with Crippen molar-refractivity contribution in [3.05, 3.63) is 17.2 Å². The van der Waals surface area contributed by atoms with Crippen molar-refractivity contribution in [1.29, 1.82) is 0 Å². The third-order valence-corrected chi connectivity index (χ3v) is 5.65. The van der Waals surface area contributed by atoms with Gasteiger partial charge in [0.25, 0.3) is 0 Å². The zero-order chi connectivity index (χ0) is 19.0. The quantitative estimate of drug-likeness (QED) is 0.549. The van der Waals surface area contributed by atoms with E-state index in [4.69, 9.17) is 25.8 Å². The van der Waals surface area contributed by atoms with Crippen LogP contribution < -0.4 is 9.64 Å². The second-order valence-electron chi connectivity index (χ2n) is 7.12. The summed E-state index contributed by atoms with van der Waals surface area (Å²) >= 11 is 5.87. The van der Waals surface area contributed by atoms with Crippen LogP contribution in [-0.2, 0) is 9.47 Å². The second kappa shape index (κ2) is 7.69. The maximum absolute atomic E-state index is 14.6. The molecule has 0 radical (unpaired) electrons. The van der Waals surface area contributed by atoms with Crippen LogP contribution in [0.3, 0.4) is 0 Å². The van der Waals surface area contributed by atoms with Gasteiger partial charge in [-0.15, -0.1) is 0 Å². The highest BCUT2D eigenvalue weighted by Crippen LogP contribution is 2.40. The topological polar surface area (TPSA) is 69.6 Å². The van der Waals surface area contributed by atoms with Crippen molar-refractivity contribution >= 4 is 28.3 Å². The Morgan fingerprint density at radius 3 is 2.59 bits per heavy atom. The molecule has 1 saturated carbocycles. The Hall–Kier alpha value is -1.77. The standard InChI is InChI=1S/C18H22ClFN4O3/c1-25-13(26-2)9-27-18-22-15-12(6-21-16(19)14(15)20)17(23-18)24-7-10-3-4-11(5-10)8-24/h6,10-11,13H,3-5,7-9H2,1-2H3. The van der Waals surface area contributed by atoms with Crippen LogP contribution >= 0.6 is 11.6 Å². The Morgan fingerprint density at radius 1 is 1.22 bits per heavy atom. The number of anilines is 1.